The van der Waals surface area contributed by atoms with E-state index in [0.29, 0.717) is 0 Å². The smallest absolute Gasteiger partial charge is 0.143 e. The molecule has 2 nitrogen and oxygen atoms in total. The minimum absolute atomic E-state index is 0.0346. The van der Waals surface area contributed by atoms with Crippen LogP contribution in [0.1, 0.15) is 70.8 Å². The van der Waals surface area contributed by atoms with Crippen molar-refractivity contribution < 1.29 is 4.42 Å². The molecule has 0 saturated heterocycles. The lowest BCUT2D eigenvalue weighted by atomic mass is 9.67. The third kappa shape index (κ3) is 6.62. The van der Waals surface area contributed by atoms with Crippen molar-refractivity contribution in [2.45, 2.75) is 59.3 Å². The number of furan rings is 1. The molecule has 0 amide bonds. The fraction of sp³-hybridized carbons (Fsp3) is 0.143. The summed E-state index contributed by atoms with van der Waals surface area (Å²) in [6.07, 6.45) is 0. The van der Waals surface area contributed by atoms with E-state index in [1.54, 1.807) is 0 Å². The van der Waals surface area contributed by atoms with Crippen molar-refractivity contribution in [3.63, 3.8) is 0 Å². The van der Waals surface area contributed by atoms with Gasteiger partial charge < -0.3 is 9.32 Å². The largest absolute Gasteiger partial charge is 0.455 e. The molecule has 316 valence electrons. The molecule has 0 aliphatic heterocycles. The maximum Gasteiger partial charge on any atom is 0.143 e. The second-order valence-corrected chi connectivity index (χ2v) is 19.2. The molecule has 1 unspecified atom stereocenters. The summed E-state index contributed by atoms with van der Waals surface area (Å²) in [4.78, 5) is 2.47. The number of rotatable bonds is 7. The Kier molecular flexibility index (Phi) is 9.55. The highest BCUT2D eigenvalue weighted by atomic mass is 16.3. The van der Waals surface area contributed by atoms with Crippen LogP contribution in [0.15, 0.2) is 199 Å². The zero-order valence-corrected chi connectivity index (χ0v) is 38.3. The van der Waals surface area contributed by atoms with Gasteiger partial charge in [0.2, 0.25) is 0 Å². The highest BCUT2D eigenvalue weighted by Gasteiger charge is 2.46. The van der Waals surface area contributed by atoms with E-state index >= 15 is 0 Å². The normalized spacial score (nSPS) is 14.4. The van der Waals surface area contributed by atoms with Gasteiger partial charge in [0.15, 0.2) is 0 Å². The quantitative estimate of drug-likeness (QED) is 0.159. The first-order valence-corrected chi connectivity index (χ1v) is 22.9. The molecule has 1 heterocycles. The monoisotopic (exact) mass is 839 g/mol. The second kappa shape index (κ2) is 15.4. The lowest BCUT2D eigenvalue weighted by molar-refractivity contribution is 0.590. The van der Waals surface area contributed by atoms with Gasteiger partial charge in [0, 0.05) is 33.4 Å². The van der Waals surface area contributed by atoms with E-state index in [9.17, 15) is 0 Å². The van der Waals surface area contributed by atoms with E-state index in [-0.39, 0.29) is 5.41 Å². The summed E-state index contributed by atoms with van der Waals surface area (Å²) in [5.74, 6) is 0. The molecular weight excluding hydrogens is 787 g/mol. The van der Waals surface area contributed by atoms with Gasteiger partial charge in [0.1, 0.15) is 11.2 Å². The highest BCUT2D eigenvalue weighted by molar-refractivity contribution is 6.09. The SMILES string of the molecule is Cc1cc(C)cc(-c2c(C)cc(N(c3ccc(C(C)(C)C)cc3)c3ccc4c(c3)C(c3ccccc3)(c3ccc(-c5cccc6c5oc5ccccc56)cc3)c3ccccc3-4)cc2C)c1. The van der Waals surface area contributed by atoms with Crippen LogP contribution in [0.2, 0.25) is 0 Å². The molecular formula is C63H53NO. The lowest BCUT2D eigenvalue weighted by Crippen LogP contribution is -2.28. The van der Waals surface area contributed by atoms with E-state index in [0.717, 1.165) is 50.1 Å². The molecule has 0 saturated carbocycles. The molecule has 0 radical (unpaired) electrons. The Hall–Kier alpha value is -7.42. The van der Waals surface area contributed by atoms with Crippen molar-refractivity contribution in [1.29, 1.82) is 0 Å². The van der Waals surface area contributed by atoms with Gasteiger partial charge in [-0.2, -0.15) is 0 Å². The van der Waals surface area contributed by atoms with Crippen LogP contribution in [0.5, 0.6) is 0 Å². The summed E-state index contributed by atoms with van der Waals surface area (Å²) < 4.78 is 6.53. The fourth-order valence-corrected chi connectivity index (χ4v) is 11.0. The first-order chi connectivity index (χ1) is 31.5. The molecule has 0 bridgehead atoms. The van der Waals surface area contributed by atoms with Crippen LogP contribution in [0, 0.1) is 27.7 Å². The molecule has 2 heteroatoms. The summed E-state index contributed by atoms with van der Waals surface area (Å²) in [5.41, 5.74) is 23.4. The maximum atomic E-state index is 6.53. The molecule has 0 fully saturated rings. The van der Waals surface area contributed by atoms with Gasteiger partial charge in [0.25, 0.3) is 0 Å². The van der Waals surface area contributed by atoms with Crippen molar-refractivity contribution in [2.75, 3.05) is 4.90 Å². The van der Waals surface area contributed by atoms with Crippen LogP contribution in [0.3, 0.4) is 0 Å². The van der Waals surface area contributed by atoms with E-state index in [1.807, 2.05) is 6.07 Å². The Bertz CT molecular complexity index is 3390. The van der Waals surface area contributed by atoms with E-state index < -0.39 is 5.41 Å². The number of nitrogens with zero attached hydrogens (tertiary/aromatic N) is 1. The molecule has 11 rings (SSSR count). The third-order valence-electron chi connectivity index (χ3n) is 13.8. The molecule has 10 aromatic rings. The van der Waals surface area contributed by atoms with Gasteiger partial charge >= 0.3 is 0 Å². The van der Waals surface area contributed by atoms with Crippen molar-refractivity contribution in [3.8, 4) is 33.4 Å². The summed E-state index contributed by atoms with van der Waals surface area (Å²) >= 11 is 0. The number of hydrogen-bond acceptors (Lipinski definition) is 2. The van der Waals surface area contributed by atoms with Crippen LogP contribution < -0.4 is 4.90 Å². The standard InChI is InChI=1S/C63H53NO/c1-40-34-41(2)36-45(35-40)60-42(3)37-51(38-43(60)4)64(49-30-28-46(29-31-49)62(5,6)7)50-32-33-54-53-18-11-13-22-57(53)63(58(54)39-50,47-16-9-8-10-17-47)48-26-24-44(25-27-48)52-20-15-21-56-55-19-12-14-23-59(55)65-61(52)56/h8-39H,1-7H3. The van der Waals surface area contributed by atoms with E-state index in [4.69, 9.17) is 4.42 Å². The van der Waals surface area contributed by atoms with Crippen molar-refractivity contribution in [3.05, 3.63) is 244 Å². The van der Waals surface area contributed by atoms with Gasteiger partial charge in [0.05, 0.1) is 5.41 Å². The number of benzene rings is 9. The summed E-state index contributed by atoms with van der Waals surface area (Å²) in [7, 11) is 0. The summed E-state index contributed by atoms with van der Waals surface area (Å²) in [6.45, 7) is 15.8. The highest BCUT2D eigenvalue weighted by Crippen LogP contribution is 2.57. The van der Waals surface area contributed by atoms with Crippen LogP contribution >= 0.6 is 0 Å². The summed E-state index contributed by atoms with van der Waals surface area (Å²) in [6, 6.07) is 72.3. The van der Waals surface area contributed by atoms with Crippen LogP contribution in [-0.2, 0) is 10.8 Å². The van der Waals surface area contributed by atoms with Gasteiger partial charge in [-0.05, 0) is 142 Å². The van der Waals surface area contributed by atoms with Gasteiger partial charge in [-0.25, -0.2) is 0 Å². The predicted octanol–water partition coefficient (Wildman–Crippen LogP) is 17.3. The fourth-order valence-electron chi connectivity index (χ4n) is 11.0. The summed E-state index contributed by atoms with van der Waals surface area (Å²) in [5, 5.41) is 2.28. The number of anilines is 3. The molecule has 9 aromatic carbocycles. The maximum absolute atomic E-state index is 6.53. The molecule has 1 atom stereocenters. The first kappa shape index (κ1) is 40.4. The van der Waals surface area contributed by atoms with Crippen molar-refractivity contribution in [1.82, 2.24) is 0 Å². The van der Waals surface area contributed by atoms with Gasteiger partial charge in [-0.3, -0.25) is 0 Å². The lowest BCUT2D eigenvalue weighted by Gasteiger charge is -2.35. The average molecular weight is 840 g/mol. The van der Waals surface area contributed by atoms with Crippen LogP contribution in [0.25, 0.3) is 55.3 Å². The molecule has 0 spiro atoms. The molecule has 65 heavy (non-hydrogen) atoms. The van der Waals surface area contributed by atoms with Gasteiger partial charge in [-0.1, -0.05) is 184 Å². The predicted molar refractivity (Wildman–Crippen MR) is 274 cm³/mol. The molecule has 1 aliphatic rings. The number of para-hydroxylation sites is 2. The number of hydrogen-bond donors (Lipinski definition) is 0. The topological polar surface area (TPSA) is 16.4 Å². The Balaban J connectivity index is 1.12. The Morgan fingerprint density at radius 3 is 1.75 bits per heavy atom. The van der Waals surface area contributed by atoms with Crippen molar-refractivity contribution in [2.24, 2.45) is 0 Å². The molecule has 1 aliphatic carbocycles. The minimum atomic E-state index is -0.590. The van der Waals surface area contributed by atoms with Crippen LogP contribution in [-0.4, -0.2) is 0 Å². The Morgan fingerprint density at radius 2 is 1.03 bits per heavy atom. The van der Waals surface area contributed by atoms with Gasteiger partial charge in [-0.15, -0.1) is 0 Å². The first-order valence-electron chi connectivity index (χ1n) is 22.9. The number of fused-ring (bicyclic) bond motifs is 6. The van der Waals surface area contributed by atoms with Crippen LogP contribution in [0.4, 0.5) is 17.1 Å². The van der Waals surface area contributed by atoms with Crippen molar-refractivity contribution >= 4 is 39.0 Å². The van der Waals surface area contributed by atoms with E-state index in [1.165, 1.54) is 72.3 Å². The minimum Gasteiger partial charge on any atom is -0.455 e. The zero-order chi connectivity index (χ0) is 44.6. The Labute approximate surface area is 383 Å². The molecule has 0 N–H and O–H groups in total. The second-order valence-electron chi connectivity index (χ2n) is 19.2. The van der Waals surface area contributed by atoms with E-state index in [2.05, 4.69) is 241 Å². The Morgan fingerprint density at radius 1 is 0.431 bits per heavy atom. The third-order valence-corrected chi connectivity index (χ3v) is 13.8. The number of aryl methyl sites for hydroxylation is 4. The molecule has 1 aromatic heterocycles. The average Bonchev–Trinajstić information content (AvgIpc) is 3.83. The zero-order valence-electron chi connectivity index (χ0n) is 38.3.